The summed E-state index contributed by atoms with van der Waals surface area (Å²) in [6.45, 7) is 8.14. The predicted molar refractivity (Wildman–Crippen MR) is 132 cm³/mol. The summed E-state index contributed by atoms with van der Waals surface area (Å²) >= 11 is 2.71. The lowest BCUT2D eigenvalue weighted by molar-refractivity contribution is -0.124. The highest BCUT2D eigenvalue weighted by Crippen LogP contribution is 2.24. The van der Waals surface area contributed by atoms with Gasteiger partial charge in [-0.05, 0) is 21.6 Å². The number of carbonyl (C=O) groups excluding carboxylic acids is 2. The summed E-state index contributed by atoms with van der Waals surface area (Å²) in [6.07, 6.45) is 3.31. The molecule has 0 radical (unpaired) electrons. The Morgan fingerprint density at radius 3 is 1.67 bits per heavy atom. The molecule has 2 N–H and O–H groups in total. The Morgan fingerprint density at radius 1 is 0.933 bits per heavy atom. The maximum Gasteiger partial charge on any atom is 0.239 e. The molecule has 14 heteroatoms. The van der Waals surface area contributed by atoms with Crippen LogP contribution >= 0.6 is 45.1 Å². The highest BCUT2D eigenvalue weighted by molar-refractivity contribution is 8.87. The van der Waals surface area contributed by atoms with Crippen LogP contribution in [0.2, 0.25) is 0 Å². The number of rotatable bonds is 6. The zero-order chi connectivity index (χ0) is 21.9. The van der Waals surface area contributed by atoms with E-state index in [1.54, 1.807) is 36.0 Å². The number of hydrazone groups is 2. The molecule has 0 spiro atoms. The normalized spacial score (nSPS) is 20.5. The molecule has 0 bridgehead atoms. The number of thioether (sulfide) groups is 2. The van der Waals surface area contributed by atoms with Crippen LogP contribution in [0.5, 0.6) is 0 Å². The van der Waals surface area contributed by atoms with Crippen molar-refractivity contribution in [2.75, 3.05) is 38.7 Å². The molecule has 162 valence electrons. The first kappa shape index (κ1) is 24.4. The molecule has 0 aromatic heterocycles. The molecular formula is C16H22N8O2S4. The van der Waals surface area contributed by atoms with E-state index in [2.05, 4.69) is 44.2 Å². The lowest BCUT2D eigenvalue weighted by atomic mass is 10.5. The van der Waals surface area contributed by atoms with Gasteiger partial charge < -0.3 is 0 Å². The minimum absolute atomic E-state index is 0.00468. The van der Waals surface area contributed by atoms with Crippen LogP contribution < -0.4 is 10.9 Å². The van der Waals surface area contributed by atoms with Gasteiger partial charge in [0.25, 0.3) is 0 Å². The Morgan fingerprint density at radius 2 is 1.33 bits per heavy atom. The molecule has 0 saturated carbocycles. The third-order valence-corrected chi connectivity index (χ3v) is 7.50. The van der Waals surface area contributed by atoms with Gasteiger partial charge in [0, 0.05) is 27.2 Å². The molecule has 2 amide bonds. The number of nitrogens with zero attached hydrogens (tertiary/aromatic N) is 6. The van der Waals surface area contributed by atoms with Gasteiger partial charge in [0.05, 0.1) is 11.5 Å². The minimum Gasteiger partial charge on any atom is -0.285 e. The van der Waals surface area contributed by atoms with E-state index in [9.17, 15) is 9.59 Å². The van der Waals surface area contributed by atoms with Crippen LogP contribution in [-0.4, -0.2) is 81.0 Å². The van der Waals surface area contributed by atoms with Crippen molar-refractivity contribution in [3.05, 3.63) is 25.3 Å². The Labute approximate surface area is 191 Å². The zero-order valence-electron chi connectivity index (χ0n) is 16.5. The van der Waals surface area contributed by atoms with Crippen LogP contribution in [0.15, 0.2) is 45.5 Å². The molecule has 2 aliphatic rings. The second kappa shape index (κ2) is 12.7. The van der Waals surface area contributed by atoms with Crippen molar-refractivity contribution in [2.45, 2.75) is 0 Å². The van der Waals surface area contributed by atoms with Gasteiger partial charge in [0.2, 0.25) is 11.8 Å². The Bertz CT molecular complexity index is 745. The molecule has 2 fully saturated rings. The summed E-state index contributed by atoms with van der Waals surface area (Å²) in [5.74, 6) is 0.703. The van der Waals surface area contributed by atoms with E-state index in [1.807, 2.05) is 0 Å². The second-order valence-electron chi connectivity index (χ2n) is 5.40. The SMILES string of the molecule is C=CCN1C(=O)CSC1=NNC(=NC)SSC(=NC)NN=C1SCC(=O)N1CC=C. The molecular weight excluding hydrogens is 464 g/mol. The first-order valence-electron chi connectivity index (χ1n) is 8.57. The van der Waals surface area contributed by atoms with E-state index in [-0.39, 0.29) is 11.8 Å². The molecule has 2 heterocycles. The molecule has 10 nitrogen and oxygen atoms in total. The zero-order valence-corrected chi connectivity index (χ0v) is 19.8. The average Bonchev–Trinajstić information content (AvgIpc) is 3.27. The maximum atomic E-state index is 11.8. The topological polar surface area (TPSA) is 114 Å². The second-order valence-corrected chi connectivity index (χ2v) is 9.39. The van der Waals surface area contributed by atoms with Crippen LogP contribution in [0.1, 0.15) is 0 Å². The number of amides is 2. The van der Waals surface area contributed by atoms with E-state index in [0.717, 1.165) is 0 Å². The summed E-state index contributed by atoms with van der Waals surface area (Å²) in [5, 5.41) is 10.8. The molecule has 2 rings (SSSR count). The summed E-state index contributed by atoms with van der Waals surface area (Å²) in [5.41, 5.74) is 5.74. The largest absolute Gasteiger partial charge is 0.285 e. The Balaban J connectivity index is 1.90. The third-order valence-electron chi connectivity index (χ3n) is 3.44. The van der Waals surface area contributed by atoms with Gasteiger partial charge in [0.1, 0.15) is 0 Å². The van der Waals surface area contributed by atoms with Gasteiger partial charge >= 0.3 is 0 Å². The summed E-state index contributed by atoms with van der Waals surface area (Å²) in [7, 11) is 5.86. The smallest absolute Gasteiger partial charge is 0.239 e. The van der Waals surface area contributed by atoms with Gasteiger partial charge in [0.15, 0.2) is 20.7 Å². The van der Waals surface area contributed by atoms with Crippen molar-refractivity contribution < 1.29 is 9.59 Å². The highest BCUT2D eigenvalue weighted by atomic mass is 33.1. The van der Waals surface area contributed by atoms with E-state index in [0.29, 0.717) is 45.3 Å². The lowest BCUT2D eigenvalue weighted by Gasteiger charge is -2.14. The fourth-order valence-electron chi connectivity index (χ4n) is 2.06. The fourth-order valence-corrected chi connectivity index (χ4v) is 5.38. The number of amidine groups is 4. The lowest BCUT2D eigenvalue weighted by Crippen LogP contribution is -2.31. The predicted octanol–water partition coefficient (Wildman–Crippen LogP) is 1.58. The molecule has 0 unspecified atom stereocenters. The Hall–Kier alpha value is -1.90. The van der Waals surface area contributed by atoms with Crippen LogP contribution in [0, 0.1) is 0 Å². The van der Waals surface area contributed by atoms with Crippen molar-refractivity contribution in [2.24, 2.45) is 20.2 Å². The first-order chi connectivity index (χ1) is 14.5. The molecule has 30 heavy (non-hydrogen) atoms. The fraction of sp³-hybridized carbons (Fsp3) is 0.375. The summed E-state index contributed by atoms with van der Waals surface area (Å²) in [4.78, 5) is 35.1. The van der Waals surface area contributed by atoms with Crippen LogP contribution in [0.3, 0.4) is 0 Å². The van der Waals surface area contributed by atoms with Crippen LogP contribution in [-0.2, 0) is 9.59 Å². The van der Waals surface area contributed by atoms with Gasteiger partial charge in [-0.25, -0.2) is 0 Å². The molecule has 0 aromatic carbocycles. The van der Waals surface area contributed by atoms with E-state index in [1.165, 1.54) is 45.1 Å². The quantitative estimate of drug-likeness (QED) is 0.191. The van der Waals surface area contributed by atoms with Crippen LogP contribution in [0.25, 0.3) is 0 Å². The van der Waals surface area contributed by atoms with Crippen molar-refractivity contribution >= 4 is 77.6 Å². The maximum absolute atomic E-state index is 11.8. The van der Waals surface area contributed by atoms with Gasteiger partial charge in [-0.3, -0.25) is 40.2 Å². The highest BCUT2D eigenvalue weighted by Gasteiger charge is 2.28. The van der Waals surface area contributed by atoms with Gasteiger partial charge in [-0.15, -0.1) is 23.4 Å². The number of nitrogens with one attached hydrogen (secondary N) is 2. The summed E-state index contributed by atoms with van der Waals surface area (Å²) in [6, 6.07) is 0. The van der Waals surface area contributed by atoms with Crippen molar-refractivity contribution in [3.8, 4) is 0 Å². The number of hydrogen-bond acceptors (Lipinski definition) is 10. The van der Waals surface area contributed by atoms with E-state index >= 15 is 0 Å². The molecule has 0 aliphatic carbocycles. The Kier molecular flexibility index (Phi) is 10.3. The molecule has 2 saturated heterocycles. The van der Waals surface area contributed by atoms with Crippen LogP contribution in [0.4, 0.5) is 0 Å². The monoisotopic (exact) mass is 486 g/mol. The number of aliphatic imine (C=N–C) groups is 2. The average molecular weight is 487 g/mol. The van der Waals surface area contributed by atoms with Crippen molar-refractivity contribution in [1.29, 1.82) is 0 Å². The minimum atomic E-state index is -0.00468. The van der Waals surface area contributed by atoms with Gasteiger partial charge in [-0.1, -0.05) is 35.7 Å². The molecule has 0 aromatic rings. The third kappa shape index (κ3) is 6.82. The number of hydrogen-bond donors (Lipinski definition) is 2. The van der Waals surface area contributed by atoms with E-state index in [4.69, 9.17) is 0 Å². The van der Waals surface area contributed by atoms with Gasteiger partial charge in [-0.2, -0.15) is 0 Å². The number of carbonyl (C=O) groups is 2. The molecule has 0 atom stereocenters. The van der Waals surface area contributed by atoms with Crippen molar-refractivity contribution in [1.82, 2.24) is 20.7 Å². The summed E-state index contributed by atoms with van der Waals surface area (Å²) < 4.78 is 0. The molecule has 2 aliphatic heterocycles. The first-order valence-corrected chi connectivity index (χ1v) is 12.7. The standard InChI is InChI=1S/C16H22N8O2S4/c1-5-7-23-11(25)9-27-15(23)21-19-13(17-3)29-30-14(18-4)20-22-16-24(8-6-2)12(26)10-28-16/h5-6H,1-2,7-10H2,3-4H3,(H,17,19)(H,18,20). The van der Waals surface area contributed by atoms with E-state index < -0.39 is 0 Å². The van der Waals surface area contributed by atoms with Crippen molar-refractivity contribution in [3.63, 3.8) is 0 Å².